The summed E-state index contributed by atoms with van der Waals surface area (Å²) in [4.78, 5) is 10.9. The van der Waals surface area contributed by atoms with Gasteiger partial charge in [0.25, 0.3) is 0 Å². The molecular formula is C11H26NOTa. The van der Waals surface area contributed by atoms with Crippen LogP contribution in [-0.2, 0) is 20.9 Å². The Morgan fingerprint density at radius 1 is 1.07 bits per heavy atom. The molecule has 0 aromatic carbocycles. The molecule has 1 N–H and O–H groups in total. The number of carbonyl (C=O) groups is 1. The van der Waals surface area contributed by atoms with Crippen molar-refractivity contribution in [3.8, 4) is 0 Å². The fourth-order valence-corrected chi connectivity index (χ4v) is 22.1. The monoisotopic (exact) mass is 369 g/mol. The molecule has 0 atom stereocenters. The van der Waals surface area contributed by atoms with Crippen LogP contribution in [0.2, 0.25) is 17.5 Å². The first-order valence-electron chi connectivity index (χ1n) is 5.54. The van der Waals surface area contributed by atoms with Crippen molar-refractivity contribution < 1.29 is 20.9 Å². The van der Waals surface area contributed by atoms with Gasteiger partial charge in [-0.1, -0.05) is 0 Å². The number of rotatable bonds is 5. The molecule has 0 aliphatic carbocycles. The van der Waals surface area contributed by atoms with Crippen molar-refractivity contribution in [2.24, 2.45) is 0 Å². The molecule has 0 unspecified atom stereocenters. The van der Waals surface area contributed by atoms with Crippen molar-refractivity contribution in [2.75, 3.05) is 0 Å². The molecule has 1 amide bonds. The fraction of sp³-hybridized carbons (Fsp3) is 0.909. The topological polar surface area (TPSA) is 29.1 Å². The second kappa shape index (κ2) is 4.38. The maximum absolute atomic E-state index is 10.9. The fourth-order valence-electron chi connectivity index (χ4n) is 2.70. The third-order valence-electron chi connectivity index (χ3n) is 4.44. The van der Waals surface area contributed by atoms with E-state index in [2.05, 4.69) is 45.3 Å². The summed E-state index contributed by atoms with van der Waals surface area (Å²) in [5.74, 6) is 0. The summed E-state index contributed by atoms with van der Waals surface area (Å²) in [5.41, 5.74) is 0. The molecular weight excluding hydrogens is 343 g/mol. The molecule has 0 aromatic rings. The summed E-state index contributed by atoms with van der Waals surface area (Å²) in [5, 5.41) is 0. The summed E-state index contributed by atoms with van der Waals surface area (Å²) in [6.07, 6.45) is 0.953. The zero-order chi connectivity index (χ0) is 11.5. The van der Waals surface area contributed by atoms with E-state index in [9.17, 15) is 4.79 Å². The van der Waals surface area contributed by atoms with Crippen molar-refractivity contribution in [3.05, 3.63) is 0 Å². The van der Waals surface area contributed by atoms with Crippen molar-refractivity contribution >= 4 is 6.41 Å². The SMILES string of the molecule is C[CH2][Ta]([CH2]C)([CH2]C)([NH]C=O)[C](C)(C)C. The zero-order valence-corrected chi connectivity index (χ0v) is 13.8. The van der Waals surface area contributed by atoms with Crippen LogP contribution in [0, 0.1) is 0 Å². The van der Waals surface area contributed by atoms with Crippen molar-refractivity contribution in [1.29, 1.82) is 0 Å². The van der Waals surface area contributed by atoms with Gasteiger partial charge in [-0.15, -0.1) is 0 Å². The number of nitrogens with one attached hydrogen (secondary N) is 1. The average Bonchev–Trinajstić information content (AvgIpc) is 2.13. The average molecular weight is 369 g/mol. The van der Waals surface area contributed by atoms with Crippen LogP contribution in [0.4, 0.5) is 0 Å². The van der Waals surface area contributed by atoms with Gasteiger partial charge in [0.05, 0.1) is 0 Å². The van der Waals surface area contributed by atoms with E-state index in [1.54, 1.807) is 0 Å². The summed E-state index contributed by atoms with van der Waals surface area (Å²) in [7, 11) is 0. The van der Waals surface area contributed by atoms with Crippen molar-refractivity contribution in [3.63, 3.8) is 0 Å². The second-order valence-electron chi connectivity index (χ2n) is 5.10. The molecule has 0 spiro atoms. The number of carbonyl (C=O) groups excluding carboxylic acids is 1. The van der Waals surface area contributed by atoms with Gasteiger partial charge in [0.1, 0.15) is 0 Å². The summed E-state index contributed by atoms with van der Waals surface area (Å²) >= 11 is -3.09. The standard InChI is InChI=1S/C4H9.3C2H5.CH3NO.Ta/c1-4(2)3;3*1-2;2-1-3;/h1-3H3;3*1H2,2H3;1H,(H2,2,3);/q;;;;;+1/p-1. The van der Waals surface area contributed by atoms with Crippen LogP contribution in [0.1, 0.15) is 41.5 Å². The Hall–Kier alpha value is 0.210. The van der Waals surface area contributed by atoms with Crippen LogP contribution in [-0.4, -0.2) is 6.41 Å². The Labute approximate surface area is 90.1 Å². The van der Waals surface area contributed by atoms with Gasteiger partial charge in [-0.2, -0.15) is 0 Å². The number of hydrogen-bond donors (Lipinski definition) is 1. The van der Waals surface area contributed by atoms with Gasteiger partial charge in [0.15, 0.2) is 0 Å². The Bertz CT molecular complexity index is 193. The first kappa shape index (κ1) is 14.2. The van der Waals surface area contributed by atoms with E-state index in [0.29, 0.717) is 0 Å². The normalized spacial score (nSPS) is 15.7. The van der Waals surface area contributed by atoms with E-state index < -0.39 is 16.1 Å². The molecule has 0 saturated heterocycles. The molecule has 0 heterocycles. The molecule has 2 nitrogen and oxygen atoms in total. The van der Waals surface area contributed by atoms with Gasteiger partial charge in [-0.25, -0.2) is 0 Å². The van der Waals surface area contributed by atoms with Crippen LogP contribution < -0.4 is 3.72 Å². The summed E-state index contributed by atoms with van der Waals surface area (Å²) in [6.45, 7) is 13.7. The minimum absolute atomic E-state index is 0.282. The van der Waals surface area contributed by atoms with E-state index >= 15 is 0 Å². The molecule has 0 saturated carbocycles. The molecule has 0 rings (SSSR count). The van der Waals surface area contributed by atoms with E-state index in [1.807, 2.05) is 0 Å². The molecule has 14 heavy (non-hydrogen) atoms. The first-order valence-corrected chi connectivity index (χ1v) is 15.6. The Morgan fingerprint density at radius 2 is 1.43 bits per heavy atom. The van der Waals surface area contributed by atoms with Crippen molar-refractivity contribution in [2.45, 2.75) is 59.1 Å². The number of hydrogen-bond acceptors (Lipinski definition) is 1. The van der Waals surface area contributed by atoms with Crippen LogP contribution in [0.25, 0.3) is 0 Å². The zero-order valence-electron chi connectivity index (χ0n) is 10.6. The molecule has 0 fully saturated rings. The molecule has 0 aliphatic rings. The first-order chi connectivity index (χ1) is 6.32. The van der Waals surface area contributed by atoms with Gasteiger partial charge >= 0.3 is 90.1 Å². The quantitative estimate of drug-likeness (QED) is 0.733. The maximum atomic E-state index is 10.9. The summed E-state index contributed by atoms with van der Waals surface area (Å²) in [6, 6.07) is 0. The van der Waals surface area contributed by atoms with E-state index in [0.717, 1.165) is 6.41 Å². The second-order valence-corrected chi connectivity index (χ2v) is 30.1. The van der Waals surface area contributed by atoms with Crippen LogP contribution in [0.15, 0.2) is 0 Å². The van der Waals surface area contributed by atoms with Crippen LogP contribution in [0.3, 0.4) is 0 Å². The minimum atomic E-state index is -3.09. The Morgan fingerprint density at radius 3 is 1.50 bits per heavy atom. The van der Waals surface area contributed by atoms with Crippen LogP contribution in [0.5, 0.6) is 0 Å². The van der Waals surface area contributed by atoms with Crippen LogP contribution >= 0.6 is 0 Å². The molecule has 86 valence electrons. The van der Waals surface area contributed by atoms with Gasteiger partial charge in [-0.3, -0.25) is 0 Å². The molecule has 0 aromatic heterocycles. The Kier molecular flexibility index (Phi) is 4.44. The molecule has 0 radical (unpaired) electrons. The van der Waals surface area contributed by atoms with E-state index in [1.165, 1.54) is 13.9 Å². The third-order valence-corrected chi connectivity index (χ3v) is 36.3. The van der Waals surface area contributed by atoms with Gasteiger partial charge in [0, 0.05) is 0 Å². The molecule has 0 bridgehead atoms. The number of amides is 1. The molecule has 3 heteroatoms. The van der Waals surface area contributed by atoms with E-state index in [-0.39, 0.29) is 3.63 Å². The van der Waals surface area contributed by atoms with Gasteiger partial charge in [0.2, 0.25) is 0 Å². The van der Waals surface area contributed by atoms with Gasteiger partial charge < -0.3 is 0 Å². The summed E-state index contributed by atoms with van der Waals surface area (Å²) < 4.78 is 7.16. The van der Waals surface area contributed by atoms with E-state index in [4.69, 9.17) is 0 Å². The van der Waals surface area contributed by atoms with Gasteiger partial charge in [-0.05, 0) is 0 Å². The third kappa shape index (κ3) is 1.80. The predicted molar refractivity (Wildman–Crippen MR) is 60.4 cm³/mol. The predicted octanol–water partition coefficient (Wildman–Crippen LogP) is 3.87. The Balaban J connectivity index is 5.47. The molecule has 0 aliphatic heterocycles. The van der Waals surface area contributed by atoms with Crippen molar-refractivity contribution in [1.82, 2.24) is 3.72 Å².